The van der Waals surface area contributed by atoms with E-state index in [-0.39, 0.29) is 17.4 Å². The molecule has 1 saturated carbocycles. The van der Waals surface area contributed by atoms with Gasteiger partial charge in [0.1, 0.15) is 0 Å². The van der Waals surface area contributed by atoms with E-state index in [0.717, 1.165) is 45.0 Å². The summed E-state index contributed by atoms with van der Waals surface area (Å²) in [6.45, 7) is 3.51. The maximum Gasteiger partial charge on any atom is 0.229 e. The lowest BCUT2D eigenvalue weighted by Gasteiger charge is -2.44. The first-order chi connectivity index (χ1) is 11.2. The van der Waals surface area contributed by atoms with Crippen molar-refractivity contribution in [2.45, 2.75) is 31.7 Å². The molecule has 1 aromatic heterocycles. The SMILES string of the molecule is CN1C[C@H]2N(c3ncccn3)CCC[C@@]2(C(=O)NCC2CC2)C1. The molecule has 0 unspecified atom stereocenters. The van der Waals surface area contributed by atoms with E-state index < -0.39 is 0 Å². The van der Waals surface area contributed by atoms with Gasteiger partial charge in [0.25, 0.3) is 0 Å². The molecule has 3 heterocycles. The van der Waals surface area contributed by atoms with Gasteiger partial charge in [-0.3, -0.25) is 4.79 Å². The quantitative estimate of drug-likeness (QED) is 0.895. The minimum atomic E-state index is -0.318. The molecule has 1 amide bonds. The van der Waals surface area contributed by atoms with E-state index in [1.165, 1.54) is 12.8 Å². The number of amides is 1. The highest BCUT2D eigenvalue weighted by atomic mass is 16.2. The highest BCUT2D eigenvalue weighted by Gasteiger charge is 2.55. The molecule has 124 valence electrons. The molecule has 2 atom stereocenters. The van der Waals surface area contributed by atoms with E-state index in [0.29, 0.717) is 5.92 Å². The number of hydrogen-bond acceptors (Lipinski definition) is 5. The van der Waals surface area contributed by atoms with Crippen LogP contribution in [0, 0.1) is 11.3 Å². The van der Waals surface area contributed by atoms with Gasteiger partial charge >= 0.3 is 0 Å². The Hall–Kier alpha value is -1.69. The number of carbonyl (C=O) groups excluding carboxylic acids is 1. The van der Waals surface area contributed by atoms with Gasteiger partial charge in [-0.2, -0.15) is 0 Å². The van der Waals surface area contributed by atoms with Gasteiger partial charge in [0.05, 0.1) is 11.5 Å². The van der Waals surface area contributed by atoms with Crippen LogP contribution in [0.4, 0.5) is 5.95 Å². The Morgan fingerprint density at radius 2 is 2.17 bits per heavy atom. The van der Waals surface area contributed by atoms with Gasteiger partial charge < -0.3 is 15.1 Å². The minimum Gasteiger partial charge on any atom is -0.355 e. The number of nitrogens with one attached hydrogen (secondary N) is 1. The van der Waals surface area contributed by atoms with Crippen LogP contribution in [0.15, 0.2) is 18.5 Å². The molecule has 1 N–H and O–H groups in total. The zero-order valence-electron chi connectivity index (χ0n) is 13.7. The second-order valence-corrected chi connectivity index (χ2v) is 7.37. The van der Waals surface area contributed by atoms with Crippen LogP contribution in [0.25, 0.3) is 0 Å². The lowest BCUT2D eigenvalue weighted by Crippen LogP contribution is -2.59. The number of aromatic nitrogens is 2. The molecule has 1 aromatic rings. The Morgan fingerprint density at radius 3 is 2.91 bits per heavy atom. The molecule has 4 rings (SSSR count). The topological polar surface area (TPSA) is 61.4 Å². The fourth-order valence-electron chi connectivity index (χ4n) is 4.24. The molecule has 0 radical (unpaired) electrons. The summed E-state index contributed by atoms with van der Waals surface area (Å²) in [6, 6.07) is 2.01. The van der Waals surface area contributed by atoms with Gasteiger partial charge in [-0.05, 0) is 44.7 Å². The Bertz CT molecular complexity index is 576. The van der Waals surface area contributed by atoms with Gasteiger partial charge in [-0.15, -0.1) is 0 Å². The van der Waals surface area contributed by atoms with Crippen LogP contribution in [0.3, 0.4) is 0 Å². The van der Waals surface area contributed by atoms with E-state index in [1.807, 2.05) is 6.07 Å². The predicted molar refractivity (Wildman–Crippen MR) is 88.1 cm³/mol. The molecular weight excluding hydrogens is 290 g/mol. The van der Waals surface area contributed by atoms with Crippen LogP contribution in [0.2, 0.25) is 0 Å². The van der Waals surface area contributed by atoms with Crippen LogP contribution < -0.4 is 10.2 Å². The van der Waals surface area contributed by atoms with E-state index in [4.69, 9.17) is 0 Å². The second-order valence-electron chi connectivity index (χ2n) is 7.37. The van der Waals surface area contributed by atoms with Crippen molar-refractivity contribution in [2.75, 3.05) is 38.1 Å². The third-order valence-corrected chi connectivity index (χ3v) is 5.58. The first kappa shape index (κ1) is 14.9. The fourth-order valence-corrected chi connectivity index (χ4v) is 4.24. The van der Waals surface area contributed by atoms with Crippen LogP contribution in [-0.2, 0) is 4.79 Å². The molecule has 0 aromatic carbocycles. The molecule has 2 saturated heterocycles. The largest absolute Gasteiger partial charge is 0.355 e. The summed E-state index contributed by atoms with van der Waals surface area (Å²) < 4.78 is 0. The summed E-state index contributed by atoms with van der Waals surface area (Å²) in [4.78, 5) is 26.4. The first-order valence-corrected chi connectivity index (χ1v) is 8.69. The van der Waals surface area contributed by atoms with Crippen molar-refractivity contribution in [1.82, 2.24) is 20.2 Å². The molecule has 0 bridgehead atoms. The maximum absolute atomic E-state index is 13.1. The Morgan fingerprint density at radius 1 is 1.39 bits per heavy atom. The zero-order valence-corrected chi connectivity index (χ0v) is 13.7. The van der Waals surface area contributed by atoms with Crippen LogP contribution in [-0.4, -0.2) is 60.0 Å². The average molecular weight is 315 g/mol. The molecular formula is C17H25N5O. The molecule has 23 heavy (non-hydrogen) atoms. The van der Waals surface area contributed by atoms with Crippen LogP contribution in [0.1, 0.15) is 25.7 Å². The lowest BCUT2D eigenvalue weighted by atomic mass is 9.74. The number of carbonyl (C=O) groups is 1. The van der Waals surface area contributed by atoms with Crippen molar-refractivity contribution >= 4 is 11.9 Å². The molecule has 3 aliphatic rings. The Labute approximate surface area is 137 Å². The van der Waals surface area contributed by atoms with Crippen molar-refractivity contribution < 1.29 is 4.79 Å². The minimum absolute atomic E-state index is 0.169. The highest BCUT2D eigenvalue weighted by molar-refractivity contribution is 5.85. The molecule has 6 heteroatoms. The van der Waals surface area contributed by atoms with Crippen molar-refractivity contribution in [3.8, 4) is 0 Å². The van der Waals surface area contributed by atoms with Gasteiger partial charge in [0.2, 0.25) is 11.9 Å². The predicted octanol–water partition coefficient (Wildman–Crippen LogP) is 0.903. The summed E-state index contributed by atoms with van der Waals surface area (Å²) in [6.07, 6.45) is 8.07. The van der Waals surface area contributed by atoms with Gasteiger partial charge in [0, 0.05) is 38.6 Å². The van der Waals surface area contributed by atoms with Crippen molar-refractivity contribution in [2.24, 2.45) is 11.3 Å². The molecule has 0 spiro atoms. The van der Waals surface area contributed by atoms with Crippen molar-refractivity contribution in [3.63, 3.8) is 0 Å². The third kappa shape index (κ3) is 2.69. The Kier molecular flexibility index (Phi) is 3.71. The van der Waals surface area contributed by atoms with Gasteiger partial charge in [-0.25, -0.2) is 9.97 Å². The number of nitrogens with zero attached hydrogens (tertiary/aromatic N) is 4. The monoisotopic (exact) mass is 315 g/mol. The molecule has 2 aliphatic heterocycles. The van der Waals surface area contributed by atoms with Crippen molar-refractivity contribution in [1.29, 1.82) is 0 Å². The molecule has 3 fully saturated rings. The van der Waals surface area contributed by atoms with E-state index in [1.54, 1.807) is 12.4 Å². The Balaban J connectivity index is 1.59. The smallest absolute Gasteiger partial charge is 0.229 e. The summed E-state index contributed by atoms with van der Waals surface area (Å²) in [5, 5.41) is 3.24. The molecule has 6 nitrogen and oxygen atoms in total. The van der Waals surface area contributed by atoms with E-state index in [9.17, 15) is 4.79 Å². The number of likely N-dealkylation sites (tertiary alicyclic amines) is 1. The number of anilines is 1. The summed E-state index contributed by atoms with van der Waals surface area (Å²) >= 11 is 0. The number of hydrogen-bond donors (Lipinski definition) is 1. The summed E-state index contributed by atoms with van der Waals surface area (Å²) in [5.74, 6) is 1.70. The van der Waals surface area contributed by atoms with Gasteiger partial charge in [0.15, 0.2) is 0 Å². The average Bonchev–Trinajstić information content (AvgIpc) is 3.33. The first-order valence-electron chi connectivity index (χ1n) is 8.69. The fraction of sp³-hybridized carbons (Fsp3) is 0.706. The standard InChI is InChI=1S/C17H25N5O/c1-21-11-14-17(12-21,15(23)20-10-13-4-5-13)6-2-9-22(14)16-18-7-3-8-19-16/h3,7-8,13-14H,2,4-6,9-12H2,1H3,(H,20,23)/t14-,17-/m1/s1. The second kappa shape index (κ2) is 5.74. The van der Waals surface area contributed by atoms with Crippen LogP contribution >= 0.6 is 0 Å². The van der Waals surface area contributed by atoms with Crippen LogP contribution in [0.5, 0.6) is 0 Å². The number of likely N-dealkylation sites (N-methyl/N-ethyl adjacent to an activating group) is 1. The normalized spacial score (nSPS) is 31.0. The number of piperidine rings is 1. The number of fused-ring (bicyclic) bond motifs is 1. The lowest BCUT2D eigenvalue weighted by molar-refractivity contribution is -0.132. The van der Waals surface area contributed by atoms with Gasteiger partial charge in [-0.1, -0.05) is 0 Å². The third-order valence-electron chi connectivity index (χ3n) is 5.58. The summed E-state index contributed by atoms with van der Waals surface area (Å²) in [7, 11) is 2.11. The molecule has 1 aliphatic carbocycles. The zero-order chi connectivity index (χ0) is 15.9. The van der Waals surface area contributed by atoms with Crippen molar-refractivity contribution in [3.05, 3.63) is 18.5 Å². The van der Waals surface area contributed by atoms with E-state index >= 15 is 0 Å². The number of rotatable bonds is 4. The summed E-state index contributed by atoms with van der Waals surface area (Å²) in [5.41, 5.74) is -0.318. The van der Waals surface area contributed by atoms with E-state index in [2.05, 4.69) is 32.1 Å². The maximum atomic E-state index is 13.1. The highest BCUT2D eigenvalue weighted by Crippen LogP contribution is 2.43.